The highest BCUT2D eigenvalue weighted by Gasteiger charge is 2.12. The minimum absolute atomic E-state index is 0.0433. The first kappa shape index (κ1) is 13.6. The molecule has 0 fully saturated rings. The first-order valence-electron chi connectivity index (χ1n) is 4.97. The van der Waals surface area contributed by atoms with Crippen LogP contribution < -0.4 is 4.90 Å². The lowest BCUT2D eigenvalue weighted by Gasteiger charge is -2.20. The maximum atomic E-state index is 13.3. The highest BCUT2D eigenvalue weighted by Crippen LogP contribution is 2.20. The van der Waals surface area contributed by atoms with Gasteiger partial charge in [0.05, 0.1) is 17.0 Å². The maximum absolute atomic E-state index is 13.3. The summed E-state index contributed by atoms with van der Waals surface area (Å²) in [6, 6.07) is 4.25. The number of hydrogen-bond acceptors (Lipinski definition) is 4. The molecule has 0 saturated heterocycles. The first-order chi connectivity index (χ1) is 7.85. The third-order valence-corrected chi connectivity index (χ3v) is 3.28. The molecule has 0 spiro atoms. The van der Waals surface area contributed by atoms with Crippen LogP contribution >= 0.6 is 0 Å². The number of benzene rings is 1. The van der Waals surface area contributed by atoms with Gasteiger partial charge in [-0.2, -0.15) is 0 Å². The second kappa shape index (κ2) is 5.27. The van der Waals surface area contributed by atoms with E-state index in [0.29, 0.717) is 12.0 Å². The number of halogens is 1. The van der Waals surface area contributed by atoms with Gasteiger partial charge >= 0.3 is 0 Å². The molecule has 1 aromatic rings. The van der Waals surface area contributed by atoms with Gasteiger partial charge in [0.2, 0.25) is 0 Å². The van der Waals surface area contributed by atoms with Crippen LogP contribution in [-0.2, 0) is 9.84 Å². The van der Waals surface area contributed by atoms with E-state index in [1.165, 1.54) is 12.1 Å². The molecule has 0 aliphatic carbocycles. The monoisotopic (exact) mass is 259 g/mol. The van der Waals surface area contributed by atoms with Crippen molar-refractivity contribution in [2.75, 3.05) is 30.5 Å². The van der Waals surface area contributed by atoms with Gasteiger partial charge in [0, 0.05) is 19.8 Å². The number of sulfone groups is 1. The van der Waals surface area contributed by atoms with Crippen molar-refractivity contribution in [3.05, 3.63) is 29.6 Å². The zero-order chi connectivity index (χ0) is 13.1. The normalized spacial score (nSPS) is 11.2. The second-order valence-electron chi connectivity index (χ2n) is 3.84. The molecule has 0 aliphatic rings. The lowest BCUT2D eigenvalue weighted by atomic mass is 10.1. The molecule has 0 N–H and O–H groups in total. The molecule has 6 heteroatoms. The van der Waals surface area contributed by atoms with Gasteiger partial charge < -0.3 is 4.90 Å². The average Bonchev–Trinajstić information content (AvgIpc) is 2.24. The number of hydrogen-bond donors (Lipinski definition) is 0. The second-order valence-corrected chi connectivity index (χ2v) is 6.10. The molecule has 0 amide bonds. The van der Waals surface area contributed by atoms with E-state index in [1.807, 2.05) is 0 Å². The molecule has 0 saturated carbocycles. The van der Waals surface area contributed by atoms with Gasteiger partial charge in [-0.15, -0.1) is 0 Å². The molecular formula is C11H14FNO3S. The van der Waals surface area contributed by atoms with Crippen LogP contribution in [-0.4, -0.2) is 40.3 Å². The summed E-state index contributed by atoms with van der Waals surface area (Å²) in [7, 11) is -1.46. The molecule has 0 aliphatic heterocycles. The Morgan fingerprint density at radius 2 is 2.06 bits per heavy atom. The molecule has 94 valence electrons. The van der Waals surface area contributed by atoms with Crippen LogP contribution in [0.2, 0.25) is 0 Å². The molecule has 17 heavy (non-hydrogen) atoms. The number of aldehydes is 1. The topological polar surface area (TPSA) is 54.5 Å². The van der Waals surface area contributed by atoms with Crippen molar-refractivity contribution in [2.24, 2.45) is 0 Å². The Hall–Kier alpha value is -1.43. The number of carbonyl (C=O) groups excluding carboxylic acids is 1. The molecule has 1 aromatic carbocycles. The van der Waals surface area contributed by atoms with Crippen molar-refractivity contribution in [3.63, 3.8) is 0 Å². The fourth-order valence-electron chi connectivity index (χ4n) is 1.40. The number of carbonyl (C=O) groups is 1. The van der Waals surface area contributed by atoms with Crippen LogP contribution in [0.1, 0.15) is 10.4 Å². The van der Waals surface area contributed by atoms with Crippen LogP contribution in [0.25, 0.3) is 0 Å². The minimum atomic E-state index is -3.08. The van der Waals surface area contributed by atoms with Crippen molar-refractivity contribution in [2.45, 2.75) is 0 Å². The number of anilines is 1. The van der Waals surface area contributed by atoms with Crippen LogP contribution in [0.15, 0.2) is 18.2 Å². The molecule has 0 unspecified atom stereocenters. The third-order valence-electron chi connectivity index (χ3n) is 2.36. The lowest BCUT2D eigenvalue weighted by Crippen LogP contribution is -2.26. The largest absolute Gasteiger partial charge is 0.373 e. The van der Waals surface area contributed by atoms with Gasteiger partial charge in [0.25, 0.3) is 0 Å². The van der Waals surface area contributed by atoms with Crippen LogP contribution in [0.4, 0.5) is 10.1 Å². The van der Waals surface area contributed by atoms with E-state index in [4.69, 9.17) is 0 Å². The zero-order valence-corrected chi connectivity index (χ0v) is 10.5. The Bertz CT molecular complexity index is 513. The molecule has 0 aromatic heterocycles. The summed E-state index contributed by atoms with van der Waals surface area (Å²) >= 11 is 0. The Kier molecular flexibility index (Phi) is 4.22. The smallest absolute Gasteiger partial charge is 0.155 e. The standard InChI is InChI=1S/C11H14FNO3S/c1-13(6-7-17(2,15)16)11-5-3-4-10(12)9(11)8-14/h3-5,8H,6-7H2,1-2H3. The maximum Gasteiger partial charge on any atom is 0.155 e. The fraction of sp³-hybridized carbons (Fsp3) is 0.364. The van der Waals surface area contributed by atoms with Crippen LogP contribution in [0.3, 0.4) is 0 Å². The first-order valence-corrected chi connectivity index (χ1v) is 7.04. The lowest BCUT2D eigenvalue weighted by molar-refractivity contribution is 0.112. The van der Waals surface area contributed by atoms with Crippen molar-refractivity contribution in [3.8, 4) is 0 Å². The van der Waals surface area contributed by atoms with E-state index >= 15 is 0 Å². The summed E-state index contributed by atoms with van der Waals surface area (Å²) in [5, 5.41) is 0. The SMILES string of the molecule is CN(CCS(C)(=O)=O)c1cccc(F)c1C=O. The van der Waals surface area contributed by atoms with Gasteiger partial charge in [0.1, 0.15) is 15.7 Å². The molecule has 0 atom stereocenters. The van der Waals surface area contributed by atoms with E-state index in [0.717, 1.165) is 6.26 Å². The number of rotatable bonds is 5. The quantitative estimate of drug-likeness (QED) is 0.744. The van der Waals surface area contributed by atoms with Gasteiger partial charge in [-0.05, 0) is 12.1 Å². The summed E-state index contributed by atoms with van der Waals surface area (Å²) in [5.41, 5.74) is 0.340. The Labute approximate surface area is 100.0 Å². The van der Waals surface area contributed by atoms with E-state index in [2.05, 4.69) is 0 Å². The van der Waals surface area contributed by atoms with E-state index in [9.17, 15) is 17.6 Å². The summed E-state index contributed by atoms with van der Waals surface area (Å²) < 4.78 is 35.3. The Balaban J connectivity index is 2.93. The highest BCUT2D eigenvalue weighted by molar-refractivity contribution is 7.90. The van der Waals surface area contributed by atoms with Gasteiger partial charge in [-0.1, -0.05) is 6.07 Å². The van der Waals surface area contributed by atoms with Gasteiger partial charge in [0.15, 0.2) is 6.29 Å². The Morgan fingerprint density at radius 3 is 2.59 bits per heavy atom. The van der Waals surface area contributed by atoms with Crippen LogP contribution in [0, 0.1) is 5.82 Å². The van der Waals surface area contributed by atoms with Crippen molar-refractivity contribution in [1.29, 1.82) is 0 Å². The summed E-state index contributed by atoms with van der Waals surface area (Å²) in [6.07, 6.45) is 1.56. The van der Waals surface area contributed by atoms with Gasteiger partial charge in [-0.25, -0.2) is 12.8 Å². The van der Waals surface area contributed by atoms with E-state index < -0.39 is 15.7 Å². The summed E-state index contributed by atoms with van der Waals surface area (Å²) in [5.74, 6) is -0.651. The highest BCUT2D eigenvalue weighted by atomic mass is 32.2. The third kappa shape index (κ3) is 3.81. The zero-order valence-electron chi connectivity index (χ0n) is 9.68. The molecule has 4 nitrogen and oxygen atoms in total. The fourth-order valence-corrected chi connectivity index (χ4v) is 2.00. The van der Waals surface area contributed by atoms with Crippen molar-refractivity contribution < 1.29 is 17.6 Å². The predicted octanol–water partition coefficient (Wildman–Crippen LogP) is 1.12. The van der Waals surface area contributed by atoms with Crippen molar-refractivity contribution in [1.82, 2.24) is 0 Å². The van der Waals surface area contributed by atoms with E-state index in [-0.39, 0.29) is 17.9 Å². The summed E-state index contributed by atoms with van der Waals surface area (Å²) in [6.45, 7) is 0.211. The van der Waals surface area contributed by atoms with E-state index in [1.54, 1.807) is 18.0 Å². The average molecular weight is 259 g/mol. The predicted molar refractivity (Wildman–Crippen MR) is 64.8 cm³/mol. The summed E-state index contributed by atoms with van der Waals surface area (Å²) in [4.78, 5) is 12.3. The molecule has 0 bridgehead atoms. The number of nitrogens with zero attached hydrogens (tertiary/aromatic N) is 1. The molecule has 0 heterocycles. The van der Waals surface area contributed by atoms with Crippen LogP contribution in [0.5, 0.6) is 0 Å². The Morgan fingerprint density at radius 1 is 1.41 bits per heavy atom. The molecule has 0 radical (unpaired) electrons. The molecular weight excluding hydrogens is 245 g/mol. The molecule has 1 rings (SSSR count). The minimum Gasteiger partial charge on any atom is -0.373 e. The van der Waals surface area contributed by atoms with Gasteiger partial charge in [-0.3, -0.25) is 4.79 Å². The van der Waals surface area contributed by atoms with Crippen molar-refractivity contribution >= 4 is 21.8 Å².